The Morgan fingerprint density at radius 3 is 2.50 bits per heavy atom. The van der Waals surface area contributed by atoms with E-state index in [0.717, 1.165) is 22.0 Å². The molecule has 2 atom stereocenters. The van der Waals surface area contributed by atoms with E-state index in [1.54, 1.807) is 6.07 Å². The number of halogens is 2. The quantitative estimate of drug-likeness (QED) is 0.847. The van der Waals surface area contributed by atoms with Crippen LogP contribution in [0.5, 0.6) is 0 Å². The van der Waals surface area contributed by atoms with E-state index in [1.807, 2.05) is 19.1 Å². The predicted molar refractivity (Wildman–Crippen MR) is 63.0 cm³/mol. The first kappa shape index (κ1) is 11.8. The van der Waals surface area contributed by atoms with Crippen LogP contribution in [0, 0.1) is 5.92 Å². The maximum atomic E-state index is 6.05. The molecule has 2 N–H and O–H groups in total. The molecule has 1 rings (SSSR count). The van der Waals surface area contributed by atoms with Gasteiger partial charge in [0, 0.05) is 16.1 Å². The van der Waals surface area contributed by atoms with Crippen molar-refractivity contribution in [2.75, 3.05) is 0 Å². The Kier molecular flexibility index (Phi) is 4.24. The highest BCUT2D eigenvalue weighted by molar-refractivity contribution is 6.33. The molecule has 0 aliphatic carbocycles. The van der Waals surface area contributed by atoms with Gasteiger partial charge >= 0.3 is 0 Å². The summed E-state index contributed by atoms with van der Waals surface area (Å²) in [7, 11) is 0. The first-order valence-corrected chi connectivity index (χ1v) is 5.46. The normalized spacial score (nSPS) is 15.2. The lowest BCUT2D eigenvalue weighted by molar-refractivity contribution is 0.482. The Balaban J connectivity index is 2.80. The molecule has 0 aliphatic rings. The van der Waals surface area contributed by atoms with Gasteiger partial charge in [-0.2, -0.15) is 0 Å². The zero-order valence-corrected chi connectivity index (χ0v) is 9.94. The summed E-state index contributed by atoms with van der Waals surface area (Å²) >= 11 is 11.9. The number of hydrogen-bond acceptors (Lipinski definition) is 1. The van der Waals surface area contributed by atoms with Gasteiger partial charge in [0.1, 0.15) is 0 Å². The Morgan fingerprint density at radius 2 is 1.93 bits per heavy atom. The Morgan fingerprint density at radius 1 is 1.29 bits per heavy atom. The minimum absolute atomic E-state index is 0.171. The fraction of sp³-hybridized carbons (Fsp3) is 0.455. The molecule has 0 bridgehead atoms. The van der Waals surface area contributed by atoms with Crippen molar-refractivity contribution in [1.29, 1.82) is 0 Å². The molecule has 2 unspecified atom stereocenters. The van der Waals surface area contributed by atoms with Gasteiger partial charge in [-0.3, -0.25) is 0 Å². The molecule has 1 nitrogen and oxygen atoms in total. The number of hydrogen-bond donors (Lipinski definition) is 1. The van der Waals surface area contributed by atoms with Crippen molar-refractivity contribution in [3.63, 3.8) is 0 Å². The molecule has 3 heteroatoms. The first-order valence-electron chi connectivity index (χ1n) is 4.70. The lowest BCUT2D eigenvalue weighted by Gasteiger charge is -2.16. The van der Waals surface area contributed by atoms with Crippen LogP contribution in [0.4, 0.5) is 0 Å². The standard InChI is InChI=1S/C11H15Cl2N/c1-7(8(2)14)5-9-6-10(12)3-4-11(9)13/h3-4,6-8H,5,14H2,1-2H3. The molecule has 78 valence electrons. The highest BCUT2D eigenvalue weighted by Gasteiger charge is 2.10. The zero-order chi connectivity index (χ0) is 10.7. The molecule has 0 amide bonds. The van der Waals surface area contributed by atoms with E-state index in [4.69, 9.17) is 28.9 Å². The monoisotopic (exact) mass is 231 g/mol. The summed E-state index contributed by atoms with van der Waals surface area (Å²) in [6.07, 6.45) is 0.872. The van der Waals surface area contributed by atoms with Crippen molar-refractivity contribution in [2.24, 2.45) is 11.7 Å². The van der Waals surface area contributed by atoms with E-state index in [0.29, 0.717) is 5.92 Å². The Bertz CT molecular complexity index is 310. The molecule has 1 aromatic carbocycles. The topological polar surface area (TPSA) is 26.0 Å². The van der Waals surface area contributed by atoms with Crippen LogP contribution < -0.4 is 5.73 Å². The minimum Gasteiger partial charge on any atom is -0.328 e. The summed E-state index contributed by atoms with van der Waals surface area (Å²) in [6.45, 7) is 4.12. The highest BCUT2D eigenvalue weighted by atomic mass is 35.5. The molecule has 0 saturated heterocycles. The molecule has 0 radical (unpaired) electrons. The summed E-state index contributed by atoms with van der Waals surface area (Å²) in [5, 5.41) is 1.49. The molecule has 0 spiro atoms. The molecular formula is C11H15Cl2N. The van der Waals surface area contributed by atoms with Crippen LogP contribution in [0.15, 0.2) is 18.2 Å². The van der Waals surface area contributed by atoms with Crippen molar-refractivity contribution < 1.29 is 0 Å². The fourth-order valence-electron chi connectivity index (χ4n) is 1.23. The summed E-state index contributed by atoms with van der Waals surface area (Å²) in [5.74, 6) is 0.408. The van der Waals surface area contributed by atoms with Gasteiger partial charge in [0.25, 0.3) is 0 Å². The molecule has 0 aliphatic heterocycles. The Hall–Kier alpha value is -0.240. The van der Waals surface area contributed by atoms with Gasteiger partial charge < -0.3 is 5.73 Å². The van der Waals surface area contributed by atoms with Crippen molar-refractivity contribution in [2.45, 2.75) is 26.3 Å². The number of rotatable bonds is 3. The van der Waals surface area contributed by atoms with Crippen LogP contribution in [0.25, 0.3) is 0 Å². The van der Waals surface area contributed by atoms with E-state index < -0.39 is 0 Å². The van der Waals surface area contributed by atoms with Gasteiger partial charge in [0.2, 0.25) is 0 Å². The largest absolute Gasteiger partial charge is 0.328 e. The maximum Gasteiger partial charge on any atom is 0.0439 e. The second kappa shape index (κ2) is 5.01. The smallest absolute Gasteiger partial charge is 0.0439 e. The predicted octanol–water partition coefficient (Wildman–Crippen LogP) is 3.52. The van der Waals surface area contributed by atoms with E-state index in [-0.39, 0.29) is 6.04 Å². The summed E-state index contributed by atoms with van der Waals surface area (Å²) in [6, 6.07) is 5.70. The first-order chi connectivity index (χ1) is 6.50. The number of nitrogens with two attached hydrogens (primary N) is 1. The molecular weight excluding hydrogens is 217 g/mol. The zero-order valence-electron chi connectivity index (χ0n) is 8.43. The molecule has 0 aromatic heterocycles. The Labute approximate surface area is 95.2 Å². The van der Waals surface area contributed by atoms with Crippen molar-refractivity contribution in [3.8, 4) is 0 Å². The average molecular weight is 232 g/mol. The van der Waals surface area contributed by atoms with Crippen LogP contribution >= 0.6 is 23.2 Å². The van der Waals surface area contributed by atoms with E-state index in [2.05, 4.69) is 6.92 Å². The van der Waals surface area contributed by atoms with E-state index in [9.17, 15) is 0 Å². The van der Waals surface area contributed by atoms with Crippen LogP contribution in [-0.2, 0) is 6.42 Å². The van der Waals surface area contributed by atoms with Gasteiger partial charge in [0.15, 0.2) is 0 Å². The second-order valence-corrected chi connectivity index (χ2v) is 4.62. The van der Waals surface area contributed by atoms with Gasteiger partial charge in [-0.15, -0.1) is 0 Å². The fourth-order valence-corrected chi connectivity index (χ4v) is 1.62. The van der Waals surface area contributed by atoms with Gasteiger partial charge in [-0.1, -0.05) is 30.1 Å². The molecule has 1 aromatic rings. The molecule has 0 heterocycles. The molecule has 0 saturated carbocycles. The lowest BCUT2D eigenvalue weighted by atomic mass is 9.95. The third-order valence-corrected chi connectivity index (χ3v) is 3.05. The summed E-state index contributed by atoms with van der Waals surface area (Å²) in [4.78, 5) is 0. The summed E-state index contributed by atoms with van der Waals surface area (Å²) in [5.41, 5.74) is 6.87. The third kappa shape index (κ3) is 3.16. The van der Waals surface area contributed by atoms with E-state index in [1.165, 1.54) is 0 Å². The van der Waals surface area contributed by atoms with Crippen molar-refractivity contribution in [1.82, 2.24) is 0 Å². The summed E-state index contributed by atoms with van der Waals surface area (Å²) < 4.78 is 0. The maximum absolute atomic E-state index is 6.05. The highest BCUT2D eigenvalue weighted by Crippen LogP contribution is 2.23. The minimum atomic E-state index is 0.171. The van der Waals surface area contributed by atoms with Crippen LogP contribution in [0.1, 0.15) is 19.4 Å². The van der Waals surface area contributed by atoms with Crippen molar-refractivity contribution in [3.05, 3.63) is 33.8 Å². The van der Waals surface area contributed by atoms with Crippen molar-refractivity contribution >= 4 is 23.2 Å². The van der Waals surface area contributed by atoms with Crippen LogP contribution in [0.2, 0.25) is 10.0 Å². The molecule has 0 fully saturated rings. The SMILES string of the molecule is CC(N)C(C)Cc1cc(Cl)ccc1Cl. The third-order valence-electron chi connectivity index (χ3n) is 2.45. The van der Waals surface area contributed by atoms with E-state index >= 15 is 0 Å². The van der Waals surface area contributed by atoms with Gasteiger partial charge in [-0.25, -0.2) is 0 Å². The van der Waals surface area contributed by atoms with Gasteiger partial charge in [-0.05, 0) is 43.0 Å². The average Bonchev–Trinajstić information content (AvgIpc) is 2.11. The molecule has 14 heavy (non-hydrogen) atoms. The lowest BCUT2D eigenvalue weighted by Crippen LogP contribution is -2.25. The van der Waals surface area contributed by atoms with Crippen LogP contribution in [-0.4, -0.2) is 6.04 Å². The second-order valence-electron chi connectivity index (χ2n) is 3.78. The van der Waals surface area contributed by atoms with Crippen LogP contribution in [0.3, 0.4) is 0 Å². The number of benzene rings is 1. The van der Waals surface area contributed by atoms with Gasteiger partial charge in [0.05, 0.1) is 0 Å².